The van der Waals surface area contributed by atoms with Gasteiger partial charge in [0.15, 0.2) is 11.5 Å². The Bertz CT molecular complexity index is 410. The summed E-state index contributed by atoms with van der Waals surface area (Å²) in [6.07, 6.45) is 4.15. The van der Waals surface area contributed by atoms with E-state index >= 15 is 0 Å². The Morgan fingerprint density at radius 2 is 1.90 bits per heavy atom. The molecule has 20 heavy (non-hydrogen) atoms. The van der Waals surface area contributed by atoms with E-state index in [9.17, 15) is 5.11 Å². The zero-order valence-electron chi connectivity index (χ0n) is 12.4. The zero-order chi connectivity index (χ0) is 14.4. The van der Waals surface area contributed by atoms with E-state index in [0.29, 0.717) is 6.61 Å². The number of hydrogen-bond acceptors (Lipinski definition) is 4. The van der Waals surface area contributed by atoms with Crippen molar-refractivity contribution >= 4 is 0 Å². The quantitative estimate of drug-likeness (QED) is 0.867. The van der Waals surface area contributed by atoms with Gasteiger partial charge in [0.05, 0.1) is 13.2 Å². The minimum absolute atomic E-state index is 0.194. The maximum Gasteiger partial charge on any atom is 0.161 e. The Kier molecular flexibility index (Phi) is 5.68. The van der Waals surface area contributed by atoms with Crippen LogP contribution in [-0.2, 0) is 0 Å². The van der Waals surface area contributed by atoms with Crippen molar-refractivity contribution < 1.29 is 14.6 Å². The molecule has 112 valence electrons. The van der Waals surface area contributed by atoms with Gasteiger partial charge in [-0.25, -0.2) is 0 Å². The van der Waals surface area contributed by atoms with Crippen LogP contribution in [0.1, 0.15) is 25.7 Å². The lowest BCUT2D eigenvalue weighted by atomic mass is 9.92. The van der Waals surface area contributed by atoms with Crippen molar-refractivity contribution in [3.8, 4) is 11.5 Å². The molecule has 0 spiro atoms. The minimum atomic E-state index is -0.194. The summed E-state index contributed by atoms with van der Waals surface area (Å²) in [5.74, 6) is 1.53. The molecule has 4 heteroatoms. The number of aliphatic hydroxyl groups excluding tert-OH is 1. The molecule has 1 aliphatic rings. The van der Waals surface area contributed by atoms with Gasteiger partial charge in [-0.1, -0.05) is 25.0 Å². The summed E-state index contributed by atoms with van der Waals surface area (Å²) in [6.45, 7) is 1.40. The summed E-state index contributed by atoms with van der Waals surface area (Å²) in [4.78, 5) is 2.21. The second-order valence-corrected chi connectivity index (χ2v) is 5.40. The number of methoxy groups -OCH3 is 1. The minimum Gasteiger partial charge on any atom is -0.493 e. The summed E-state index contributed by atoms with van der Waals surface area (Å²) in [5.41, 5.74) is 0. The first-order valence-corrected chi connectivity index (χ1v) is 7.36. The Hall–Kier alpha value is -1.26. The van der Waals surface area contributed by atoms with E-state index in [1.165, 1.54) is 6.42 Å². The second kappa shape index (κ2) is 7.50. The summed E-state index contributed by atoms with van der Waals surface area (Å²) in [6, 6.07) is 7.94. The van der Waals surface area contributed by atoms with Gasteiger partial charge < -0.3 is 14.6 Å². The van der Waals surface area contributed by atoms with Crippen molar-refractivity contribution in [2.75, 3.05) is 27.3 Å². The molecule has 0 heterocycles. The van der Waals surface area contributed by atoms with Gasteiger partial charge in [-0.15, -0.1) is 0 Å². The number of aliphatic hydroxyl groups is 1. The molecular formula is C16H25NO3. The van der Waals surface area contributed by atoms with Crippen LogP contribution in [0.15, 0.2) is 24.3 Å². The number of rotatable bonds is 6. The molecule has 2 atom stereocenters. The zero-order valence-corrected chi connectivity index (χ0v) is 12.4. The molecular weight excluding hydrogens is 254 g/mol. The van der Waals surface area contributed by atoms with Crippen molar-refractivity contribution in [1.29, 1.82) is 0 Å². The summed E-state index contributed by atoms with van der Waals surface area (Å²) < 4.78 is 11.0. The molecule has 0 saturated heterocycles. The van der Waals surface area contributed by atoms with Gasteiger partial charge in [-0.3, -0.25) is 4.90 Å². The highest BCUT2D eigenvalue weighted by atomic mass is 16.5. The largest absolute Gasteiger partial charge is 0.493 e. The van der Waals surface area contributed by atoms with Crippen molar-refractivity contribution in [3.63, 3.8) is 0 Å². The third-order valence-electron chi connectivity index (χ3n) is 4.03. The van der Waals surface area contributed by atoms with Gasteiger partial charge in [-0.05, 0) is 32.0 Å². The Labute approximate surface area is 121 Å². The van der Waals surface area contributed by atoms with Crippen molar-refractivity contribution in [3.05, 3.63) is 24.3 Å². The van der Waals surface area contributed by atoms with Gasteiger partial charge in [-0.2, -0.15) is 0 Å². The maximum absolute atomic E-state index is 10.0. The predicted octanol–water partition coefficient (Wildman–Crippen LogP) is 2.31. The maximum atomic E-state index is 10.0. The van der Waals surface area contributed by atoms with Crippen LogP contribution in [0.25, 0.3) is 0 Å². The monoisotopic (exact) mass is 279 g/mol. The van der Waals surface area contributed by atoms with E-state index in [0.717, 1.165) is 37.3 Å². The standard InChI is InChI=1S/C16H25NO3/c1-17(13-7-3-4-8-14(13)18)11-12-20-16-10-6-5-9-15(16)19-2/h5-6,9-10,13-14,18H,3-4,7-8,11-12H2,1-2H3. The third kappa shape index (κ3) is 3.87. The lowest BCUT2D eigenvalue weighted by molar-refractivity contribution is 0.0271. The fourth-order valence-corrected chi connectivity index (χ4v) is 2.81. The van der Waals surface area contributed by atoms with E-state index in [2.05, 4.69) is 11.9 Å². The van der Waals surface area contributed by atoms with Crippen LogP contribution in [-0.4, -0.2) is 49.5 Å². The second-order valence-electron chi connectivity index (χ2n) is 5.40. The first-order chi connectivity index (χ1) is 9.72. The molecule has 0 aromatic heterocycles. The first kappa shape index (κ1) is 15.1. The Morgan fingerprint density at radius 3 is 2.60 bits per heavy atom. The van der Waals surface area contributed by atoms with Crippen molar-refractivity contribution in [2.24, 2.45) is 0 Å². The number of para-hydroxylation sites is 2. The van der Waals surface area contributed by atoms with Crippen LogP contribution in [0, 0.1) is 0 Å². The number of nitrogens with zero attached hydrogens (tertiary/aromatic N) is 1. The smallest absolute Gasteiger partial charge is 0.161 e. The number of hydrogen-bond donors (Lipinski definition) is 1. The molecule has 0 aliphatic heterocycles. The average molecular weight is 279 g/mol. The number of benzene rings is 1. The highest BCUT2D eigenvalue weighted by molar-refractivity contribution is 5.39. The van der Waals surface area contributed by atoms with Gasteiger partial charge in [0.1, 0.15) is 6.61 Å². The summed E-state index contributed by atoms with van der Waals surface area (Å²) in [7, 11) is 3.71. The van der Waals surface area contributed by atoms with Gasteiger partial charge >= 0.3 is 0 Å². The SMILES string of the molecule is COc1ccccc1OCCN(C)C1CCCCC1O. The van der Waals surface area contributed by atoms with Crippen LogP contribution in [0.4, 0.5) is 0 Å². The average Bonchev–Trinajstić information content (AvgIpc) is 2.48. The highest BCUT2D eigenvalue weighted by Crippen LogP contribution is 2.26. The molecule has 1 N–H and O–H groups in total. The molecule has 1 fully saturated rings. The summed E-state index contributed by atoms with van der Waals surface area (Å²) >= 11 is 0. The van der Waals surface area contributed by atoms with Gasteiger partial charge in [0.25, 0.3) is 0 Å². The van der Waals surface area contributed by atoms with E-state index in [-0.39, 0.29) is 12.1 Å². The molecule has 2 unspecified atom stereocenters. The van der Waals surface area contributed by atoms with Crippen molar-refractivity contribution in [2.45, 2.75) is 37.8 Å². The molecule has 0 amide bonds. The fourth-order valence-electron chi connectivity index (χ4n) is 2.81. The predicted molar refractivity (Wildman–Crippen MR) is 79.4 cm³/mol. The Balaban J connectivity index is 1.80. The number of ether oxygens (including phenoxy) is 2. The molecule has 1 aromatic carbocycles. The lowest BCUT2D eigenvalue weighted by Gasteiger charge is -2.35. The first-order valence-electron chi connectivity index (χ1n) is 7.36. The molecule has 1 aliphatic carbocycles. The summed E-state index contributed by atoms with van der Waals surface area (Å²) in [5, 5.41) is 10.0. The molecule has 2 rings (SSSR count). The van der Waals surface area contributed by atoms with Crippen LogP contribution >= 0.6 is 0 Å². The highest BCUT2D eigenvalue weighted by Gasteiger charge is 2.26. The fraction of sp³-hybridized carbons (Fsp3) is 0.625. The lowest BCUT2D eigenvalue weighted by Crippen LogP contribution is -2.44. The van der Waals surface area contributed by atoms with Gasteiger partial charge in [0.2, 0.25) is 0 Å². The van der Waals surface area contributed by atoms with E-state index in [1.54, 1.807) is 7.11 Å². The van der Waals surface area contributed by atoms with Crippen molar-refractivity contribution in [1.82, 2.24) is 4.90 Å². The van der Waals surface area contributed by atoms with E-state index in [4.69, 9.17) is 9.47 Å². The normalized spacial score (nSPS) is 22.8. The molecule has 0 bridgehead atoms. The molecule has 1 aromatic rings. The van der Waals surface area contributed by atoms with E-state index in [1.807, 2.05) is 24.3 Å². The molecule has 0 radical (unpaired) electrons. The molecule has 1 saturated carbocycles. The molecule has 4 nitrogen and oxygen atoms in total. The van der Waals surface area contributed by atoms with Crippen LogP contribution in [0.5, 0.6) is 11.5 Å². The van der Waals surface area contributed by atoms with Crippen LogP contribution in [0.2, 0.25) is 0 Å². The van der Waals surface area contributed by atoms with Gasteiger partial charge in [0, 0.05) is 12.6 Å². The topological polar surface area (TPSA) is 41.9 Å². The Morgan fingerprint density at radius 1 is 1.20 bits per heavy atom. The van der Waals surface area contributed by atoms with Crippen LogP contribution in [0.3, 0.4) is 0 Å². The van der Waals surface area contributed by atoms with E-state index < -0.39 is 0 Å². The van der Waals surface area contributed by atoms with Crippen LogP contribution < -0.4 is 9.47 Å². The third-order valence-corrected chi connectivity index (χ3v) is 4.03. The number of likely N-dealkylation sites (N-methyl/N-ethyl adjacent to an activating group) is 1.